The summed E-state index contributed by atoms with van der Waals surface area (Å²) < 4.78 is 10.5. The molecule has 0 spiro atoms. The van der Waals surface area contributed by atoms with Crippen molar-refractivity contribution in [3.8, 4) is 23.3 Å². The van der Waals surface area contributed by atoms with Crippen LogP contribution in [0.4, 0.5) is 5.69 Å². The van der Waals surface area contributed by atoms with Crippen LogP contribution in [0.3, 0.4) is 0 Å². The Bertz CT molecular complexity index is 1170. The predicted octanol–water partition coefficient (Wildman–Crippen LogP) is 3.74. The van der Waals surface area contributed by atoms with Gasteiger partial charge >= 0.3 is 0 Å². The molecule has 0 saturated carbocycles. The molecule has 1 amide bonds. The fourth-order valence-corrected chi connectivity index (χ4v) is 3.17. The third kappa shape index (κ3) is 5.06. The van der Waals surface area contributed by atoms with Crippen LogP contribution in [0.25, 0.3) is 10.8 Å². The Morgan fingerprint density at radius 2 is 1.81 bits per heavy atom. The molecule has 0 bridgehead atoms. The number of anilines is 1. The zero-order chi connectivity index (χ0) is 22.2. The lowest BCUT2D eigenvalue weighted by molar-refractivity contribution is -0.112. The molecule has 3 aromatic rings. The van der Waals surface area contributed by atoms with Gasteiger partial charge in [-0.05, 0) is 36.2 Å². The van der Waals surface area contributed by atoms with E-state index in [1.165, 1.54) is 6.20 Å². The van der Waals surface area contributed by atoms with E-state index in [4.69, 9.17) is 9.47 Å². The Hall–Kier alpha value is -4.18. The summed E-state index contributed by atoms with van der Waals surface area (Å²) in [6.45, 7) is 0.524. The molecule has 0 fully saturated rings. The molecule has 0 heterocycles. The van der Waals surface area contributed by atoms with E-state index in [0.29, 0.717) is 40.9 Å². The minimum absolute atomic E-state index is 0.0514. The van der Waals surface area contributed by atoms with Crippen LogP contribution in [-0.4, -0.2) is 31.8 Å². The standard InChI is InChI=1S/C24H23N3O4/c1-30-22-10-9-16(13-23(22)31-2)11-12-26-15-17(14-25)24(29)27-20-7-3-6-19-18(20)5-4-8-21(19)28/h3-10,13,15,26,28H,11-12H2,1-2H3,(H,27,29)/b17-15-. The molecule has 158 valence electrons. The first-order valence-electron chi connectivity index (χ1n) is 9.64. The van der Waals surface area contributed by atoms with Gasteiger partial charge in [-0.2, -0.15) is 5.26 Å². The van der Waals surface area contributed by atoms with Crippen LogP contribution < -0.4 is 20.1 Å². The average molecular weight is 417 g/mol. The van der Waals surface area contributed by atoms with E-state index in [9.17, 15) is 15.2 Å². The highest BCUT2D eigenvalue weighted by atomic mass is 16.5. The average Bonchev–Trinajstić information content (AvgIpc) is 2.79. The number of ether oxygens (including phenoxy) is 2. The lowest BCUT2D eigenvalue weighted by Gasteiger charge is -2.10. The van der Waals surface area contributed by atoms with Gasteiger partial charge in [0.2, 0.25) is 0 Å². The Kier molecular flexibility index (Phi) is 6.97. The summed E-state index contributed by atoms with van der Waals surface area (Å²) in [7, 11) is 3.16. The quantitative estimate of drug-likeness (QED) is 0.293. The molecule has 0 aromatic heterocycles. The molecule has 0 saturated heterocycles. The van der Waals surface area contributed by atoms with Crippen LogP contribution in [-0.2, 0) is 11.2 Å². The second kappa shape index (κ2) is 10.0. The van der Waals surface area contributed by atoms with Crippen LogP contribution in [0.1, 0.15) is 5.56 Å². The van der Waals surface area contributed by atoms with Crippen molar-refractivity contribution in [2.24, 2.45) is 0 Å². The zero-order valence-electron chi connectivity index (χ0n) is 17.3. The minimum atomic E-state index is -0.531. The van der Waals surface area contributed by atoms with Crippen molar-refractivity contribution in [3.05, 3.63) is 71.9 Å². The van der Waals surface area contributed by atoms with E-state index < -0.39 is 5.91 Å². The maximum atomic E-state index is 12.6. The van der Waals surface area contributed by atoms with Gasteiger partial charge in [-0.1, -0.05) is 30.3 Å². The van der Waals surface area contributed by atoms with Crippen LogP contribution in [0.2, 0.25) is 0 Å². The van der Waals surface area contributed by atoms with E-state index >= 15 is 0 Å². The molecule has 3 N–H and O–H groups in total. The maximum absolute atomic E-state index is 12.6. The molecule has 0 aliphatic rings. The minimum Gasteiger partial charge on any atom is -0.507 e. The smallest absolute Gasteiger partial charge is 0.267 e. The SMILES string of the molecule is COc1ccc(CCN/C=C(/C#N)C(=O)Nc2cccc3c(O)cccc23)cc1OC. The summed E-state index contributed by atoms with van der Waals surface area (Å²) in [5, 5.41) is 26.4. The van der Waals surface area contributed by atoms with Crippen LogP contribution in [0.5, 0.6) is 17.2 Å². The summed E-state index contributed by atoms with van der Waals surface area (Å²) in [5.41, 5.74) is 1.49. The van der Waals surface area contributed by atoms with E-state index in [1.54, 1.807) is 50.6 Å². The molecule has 0 aliphatic carbocycles. The number of hydrogen-bond acceptors (Lipinski definition) is 6. The lowest BCUT2D eigenvalue weighted by atomic mass is 10.1. The zero-order valence-corrected chi connectivity index (χ0v) is 17.3. The first-order chi connectivity index (χ1) is 15.1. The van der Waals surface area contributed by atoms with Gasteiger partial charge in [0.15, 0.2) is 11.5 Å². The monoisotopic (exact) mass is 417 g/mol. The molecule has 3 aromatic carbocycles. The summed E-state index contributed by atoms with van der Waals surface area (Å²) in [5.74, 6) is 0.900. The molecule has 7 nitrogen and oxygen atoms in total. The van der Waals surface area contributed by atoms with E-state index in [2.05, 4.69) is 10.6 Å². The maximum Gasteiger partial charge on any atom is 0.267 e. The summed E-state index contributed by atoms with van der Waals surface area (Å²) in [6, 6.07) is 17.9. The molecule has 31 heavy (non-hydrogen) atoms. The van der Waals surface area contributed by atoms with E-state index in [1.807, 2.05) is 24.3 Å². The van der Waals surface area contributed by atoms with Gasteiger partial charge in [0.1, 0.15) is 17.4 Å². The molecular weight excluding hydrogens is 394 g/mol. The normalized spacial score (nSPS) is 10.9. The molecule has 7 heteroatoms. The fourth-order valence-electron chi connectivity index (χ4n) is 3.17. The Labute approximate surface area is 180 Å². The number of hydrogen-bond donors (Lipinski definition) is 3. The van der Waals surface area contributed by atoms with Gasteiger partial charge in [0, 0.05) is 29.2 Å². The molecule has 0 radical (unpaired) electrons. The summed E-state index contributed by atoms with van der Waals surface area (Å²) in [6.07, 6.45) is 2.07. The lowest BCUT2D eigenvalue weighted by Crippen LogP contribution is -2.18. The number of methoxy groups -OCH3 is 2. The Morgan fingerprint density at radius 3 is 2.55 bits per heavy atom. The van der Waals surface area contributed by atoms with Crippen molar-refractivity contribution < 1.29 is 19.4 Å². The van der Waals surface area contributed by atoms with Crippen molar-refractivity contribution in [2.75, 3.05) is 26.1 Å². The van der Waals surface area contributed by atoms with Gasteiger partial charge < -0.3 is 25.2 Å². The van der Waals surface area contributed by atoms with Gasteiger partial charge in [0.05, 0.1) is 14.2 Å². The van der Waals surface area contributed by atoms with Crippen LogP contribution in [0, 0.1) is 11.3 Å². The number of benzene rings is 3. The topological polar surface area (TPSA) is 104 Å². The van der Waals surface area contributed by atoms with Crippen LogP contribution >= 0.6 is 0 Å². The number of amides is 1. The molecule has 0 unspecified atom stereocenters. The van der Waals surface area contributed by atoms with Gasteiger partial charge in [0.25, 0.3) is 5.91 Å². The third-order valence-electron chi connectivity index (χ3n) is 4.76. The largest absolute Gasteiger partial charge is 0.507 e. The van der Waals surface area contributed by atoms with E-state index in [0.717, 1.165) is 5.56 Å². The third-order valence-corrected chi connectivity index (χ3v) is 4.76. The summed E-state index contributed by atoms with van der Waals surface area (Å²) in [4.78, 5) is 12.6. The molecule has 0 aliphatic heterocycles. The number of nitrogens with one attached hydrogen (secondary N) is 2. The Balaban J connectivity index is 1.64. The number of nitriles is 1. The van der Waals surface area contributed by atoms with Gasteiger partial charge in [-0.3, -0.25) is 4.79 Å². The number of fused-ring (bicyclic) bond motifs is 1. The van der Waals surface area contributed by atoms with Crippen molar-refractivity contribution >= 4 is 22.4 Å². The van der Waals surface area contributed by atoms with E-state index in [-0.39, 0.29) is 11.3 Å². The van der Waals surface area contributed by atoms with Gasteiger partial charge in [-0.25, -0.2) is 0 Å². The first kappa shape index (κ1) is 21.5. The van der Waals surface area contributed by atoms with Crippen molar-refractivity contribution in [2.45, 2.75) is 6.42 Å². The van der Waals surface area contributed by atoms with Crippen molar-refractivity contribution in [1.29, 1.82) is 5.26 Å². The second-order valence-electron chi connectivity index (χ2n) is 6.70. The number of rotatable bonds is 8. The number of phenolic OH excluding ortho intramolecular Hbond substituents is 1. The molecular formula is C24H23N3O4. The van der Waals surface area contributed by atoms with Gasteiger partial charge in [-0.15, -0.1) is 0 Å². The van der Waals surface area contributed by atoms with Crippen molar-refractivity contribution in [3.63, 3.8) is 0 Å². The molecule has 3 rings (SSSR count). The number of carbonyl (C=O) groups is 1. The number of nitrogens with zero attached hydrogens (tertiary/aromatic N) is 1. The predicted molar refractivity (Wildman–Crippen MR) is 119 cm³/mol. The van der Waals surface area contributed by atoms with Crippen molar-refractivity contribution in [1.82, 2.24) is 5.32 Å². The highest BCUT2D eigenvalue weighted by Gasteiger charge is 2.12. The second-order valence-corrected chi connectivity index (χ2v) is 6.70. The molecule has 0 atom stereocenters. The van der Waals surface area contributed by atoms with Crippen LogP contribution in [0.15, 0.2) is 66.4 Å². The highest BCUT2D eigenvalue weighted by molar-refractivity contribution is 6.11. The number of aromatic hydroxyl groups is 1. The number of carbonyl (C=O) groups excluding carboxylic acids is 1. The first-order valence-corrected chi connectivity index (χ1v) is 9.64. The highest BCUT2D eigenvalue weighted by Crippen LogP contribution is 2.30. The fraction of sp³-hybridized carbons (Fsp3) is 0.167. The number of phenols is 1. The summed E-state index contributed by atoms with van der Waals surface area (Å²) >= 11 is 0. The Morgan fingerprint density at radius 1 is 1.06 bits per heavy atom.